The summed E-state index contributed by atoms with van der Waals surface area (Å²) in [5, 5.41) is 5.46. The number of nitrogens with one attached hydrogen (secondary N) is 3. The molecule has 2 saturated heterocycles. The van der Waals surface area contributed by atoms with E-state index in [9.17, 15) is 14.4 Å². The van der Waals surface area contributed by atoms with Gasteiger partial charge in [0.25, 0.3) is 0 Å². The highest BCUT2D eigenvalue weighted by atomic mass is 16.2. The molecule has 8 heteroatoms. The number of rotatable bonds is 5. The molecule has 0 aromatic carbocycles. The predicted octanol–water partition coefficient (Wildman–Crippen LogP) is -0.273. The molecule has 0 aliphatic carbocycles. The van der Waals surface area contributed by atoms with Crippen LogP contribution in [0.25, 0.3) is 0 Å². The van der Waals surface area contributed by atoms with E-state index in [1.54, 1.807) is 12.5 Å². The van der Waals surface area contributed by atoms with Gasteiger partial charge in [-0.05, 0) is 26.2 Å². The van der Waals surface area contributed by atoms with Crippen molar-refractivity contribution in [3.8, 4) is 0 Å². The van der Waals surface area contributed by atoms with Gasteiger partial charge in [0.1, 0.15) is 12.1 Å². The number of carbonyl (C=O) groups is 3. The number of nitrogens with zero attached hydrogens (tertiary/aromatic N) is 2. The maximum Gasteiger partial charge on any atom is 0.245 e. The molecule has 2 aliphatic heterocycles. The quantitative estimate of drug-likeness (QED) is 0.689. The topological polar surface area (TPSA) is 107 Å². The van der Waals surface area contributed by atoms with Crippen molar-refractivity contribution in [1.82, 2.24) is 25.5 Å². The summed E-state index contributed by atoms with van der Waals surface area (Å²) in [5.41, 5.74) is 0.788. The number of hydrogen-bond acceptors (Lipinski definition) is 4. The van der Waals surface area contributed by atoms with Crippen LogP contribution in [-0.2, 0) is 20.8 Å². The lowest BCUT2D eigenvalue weighted by Crippen LogP contribution is -2.54. The molecule has 3 unspecified atom stereocenters. The molecule has 0 radical (unpaired) electrons. The van der Waals surface area contributed by atoms with Gasteiger partial charge in [-0.1, -0.05) is 0 Å². The van der Waals surface area contributed by atoms with Gasteiger partial charge in [-0.25, -0.2) is 4.98 Å². The Morgan fingerprint density at radius 3 is 2.88 bits per heavy atom. The van der Waals surface area contributed by atoms with E-state index in [0.29, 0.717) is 19.3 Å². The van der Waals surface area contributed by atoms with Gasteiger partial charge in [-0.3, -0.25) is 14.4 Å². The number of imidazole rings is 1. The first-order valence-electron chi connectivity index (χ1n) is 8.42. The molecule has 3 heterocycles. The minimum absolute atomic E-state index is 0.0766. The van der Waals surface area contributed by atoms with Crippen LogP contribution in [0, 0.1) is 0 Å². The van der Waals surface area contributed by atoms with Crippen molar-refractivity contribution >= 4 is 17.7 Å². The Hall–Kier alpha value is -2.38. The molecular weight excluding hydrogens is 310 g/mol. The molecule has 2 aliphatic rings. The molecular formula is C16H23N5O3. The Balaban J connectivity index is 1.70. The Morgan fingerprint density at radius 1 is 1.46 bits per heavy atom. The number of aromatic amines is 1. The van der Waals surface area contributed by atoms with Gasteiger partial charge in [0.15, 0.2) is 0 Å². The van der Waals surface area contributed by atoms with Gasteiger partial charge >= 0.3 is 0 Å². The second kappa shape index (κ2) is 7.02. The molecule has 3 atom stereocenters. The van der Waals surface area contributed by atoms with E-state index in [4.69, 9.17) is 0 Å². The van der Waals surface area contributed by atoms with E-state index in [0.717, 1.165) is 25.1 Å². The summed E-state index contributed by atoms with van der Waals surface area (Å²) in [4.78, 5) is 45.4. The summed E-state index contributed by atoms with van der Waals surface area (Å²) in [6.07, 6.45) is 6.33. The fourth-order valence-electron chi connectivity index (χ4n) is 3.36. The molecule has 1 aromatic rings. The van der Waals surface area contributed by atoms with Crippen LogP contribution < -0.4 is 10.6 Å². The zero-order valence-electron chi connectivity index (χ0n) is 13.7. The molecule has 3 amide bonds. The molecule has 1 aromatic heterocycles. The van der Waals surface area contributed by atoms with E-state index in [1.165, 1.54) is 0 Å². The van der Waals surface area contributed by atoms with Crippen molar-refractivity contribution in [2.24, 2.45) is 0 Å². The zero-order chi connectivity index (χ0) is 17.1. The third kappa shape index (κ3) is 3.58. The molecule has 0 spiro atoms. The first-order valence-corrected chi connectivity index (χ1v) is 8.42. The number of H-pyrrole nitrogens is 1. The maximum atomic E-state index is 12.9. The summed E-state index contributed by atoms with van der Waals surface area (Å²) >= 11 is 0. The summed E-state index contributed by atoms with van der Waals surface area (Å²) in [6, 6.07) is -1.02. The minimum atomic E-state index is -0.656. The molecule has 0 bridgehead atoms. The second-order valence-corrected chi connectivity index (χ2v) is 6.52. The molecule has 24 heavy (non-hydrogen) atoms. The third-order valence-corrected chi connectivity index (χ3v) is 4.74. The van der Waals surface area contributed by atoms with Crippen molar-refractivity contribution in [1.29, 1.82) is 0 Å². The predicted molar refractivity (Wildman–Crippen MR) is 85.8 cm³/mol. The van der Waals surface area contributed by atoms with Crippen molar-refractivity contribution in [2.75, 3.05) is 6.54 Å². The zero-order valence-corrected chi connectivity index (χ0v) is 13.7. The first kappa shape index (κ1) is 16.5. The largest absolute Gasteiger partial charge is 0.348 e. The first-order chi connectivity index (χ1) is 11.5. The lowest BCUT2D eigenvalue weighted by Gasteiger charge is -2.28. The standard InChI is InChI=1S/C16H23N5O3/c1-10-3-2-6-21(10)16(24)13(7-11-8-17-9-18-11)20-15(23)12-4-5-14(22)19-12/h8-10,12-13H,2-7H2,1H3,(H,17,18)(H,19,22)(H,20,23). The van der Waals surface area contributed by atoms with Crippen LogP contribution in [0.2, 0.25) is 0 Å². The average molecular weight is 333 g/mol. The van der Waals surface area contributed by atoms with E-state index in [1.807, 2.05) is 11.8 Å². The van der Waals surface area contributed by atoms with Gasteiger partial charge in [-0.15, -0.1) is 0 Å². The highest BCUT2D eigenvalue weighted by Crippen LogP contribution is 2.18. The van der Waals surface area contributed by atoms with Gasteiger partial charge in [0.2, 0.25) is 17.7 Å². The number of hydrogen-bond donors (Lipinski definition) is 3. The monoisotopic (exact) mass is 333 g/mol. The van der Waals surface area contributed by atoms with Crippen LogP contribution in [0.1, 0.15) is 38.3 Å². The second-order valence-electron chi connectivity index (χ2n) is 6.52. The van der Waals surface area contributed by atoms with Crippen molar-refractivity contribution in [3.63, 3.8) is 0 Å². The van der Waals surface area contributed by atoms with Gasteiger partial charge in [-0.2, -0.15) is 0 Å². The number of amides is 3. The third-order valence-electron chi connectivity index (χ3n) is 4.74. The lowest BCUT2D eigenvalue weighted by molar-refractivity contribution is -0.137. The van der Waals surface area contributed by atoms with Crippen LogP contribution >= 0.6 is 0 Å². The molecule has 0 saturated carbocycles. The fraction of sp³-hybridized carbons (Fsp3) is 0.625. The Bertz CT molecular complexity index is 615. The Kier molecular flexibility index (Phi) is 4.82. The average Bonchev–Trinajstić information content (AvgIpc) is 3.28. The molecule has 3 rings (SSSR count). The van der Waals surface area contributed by atoms with E-state index < -0.39 is 12.1 Å². The van der Waals surface area contributed by atoms with Crippen molar-refractivity contribution < 1.29 is 14.4 Å². The number of aromatic nitrogens is 2. The highest BCUT2D eigenvalue weighted by Gasteiger charge is 2.34. The van der Waals surface area contributed by atoms with Crippen molar-refractivity contribution in [2.45, 2.75) is 57.2 Å². The van der Waals surface area contributed by atoms with E-state index in [2.05, 4.69) is 20.6 Å². The molecule has 8 nitrogen and oxygen atoms in total. The summed E-state index contributed by atoms with van der Waals surface area (Å²) in [6.45, 7) is 2.74. The Morgan fingerprint density at radius 2 is 2.29 bits per heavy atom. The number of carbonyl (C=O) groups excluding carboxylic acids is 3. The number of likely N-dealkylation sites (tertiary alicyclic amines) is 1. The normalized spacial score (nSPS) is 24.7. The van der Waals surface area contributed by atoms with Crippen LogP contribution in [0.5, 0.6) is 0 Å². The van der Waals surface area contributed by atoms with Crippen LogP contribution in [0.3, 0.4) is 0 Å². The van der Waals surface area contributed by atoms with Crippen LogP contribution in [-0.4, -0.2) is 57.3 Å². The van der Waals surface area contributed by atoms with Crippen LogP contribution in [0.4, 0.5) is 0 Å². The molecule has 130 valence electrons. The summed E-state index contributed by atoms with van der Waals surface area (Å²) in [5.74, 6) is -0.502. The van der Waals surface area contributed by atoms with Crippen LogP contribution in [0.15, 0.2) is 12.5 Å². The van der Waals surface area contributed by atoms with E-state index >= 15 is 0 Å². The van der Waals surface area contributed by atoms with Gasteiger partial charge in [0, 0.05) is 37.3 Å². The lowest BCUT2D eigenvalue weighted by atomic mass is 10.1. The van der Waals surface area contributed by atoms with E-state index in [-0.39, 0.29) is 23.8 Å². The fourth-order valence-corrected chi connectivity index (χ4v) is 3.36. The van der Waals surface area contributed by atoms with Crippen molar-refractivity contribution in [3.05, 3.63) is 18.2 Å². The highest BCUT2D eigenvalue weighted by molar-refractivity contribution is 5.94. The Labute approximate surface area is 140 Å². The van der Waals surface area contributed by atoms with Gasteiger partial charge < -0.3 is 20.5 Å². The minimum Gasteiger partial charge on any atom is -0.348 e. The summed E-state index contributed by atoms with van der Waals surface area (Å²) < 4.78 is 0. The SMILES string of the molecule is CC1CCCN1C(=O)C(Cc1cnc[nH]1)NC(=O)C1CCC(=O)N1. The smallest absolute Gasteiger partial charge is 0.245 e. The van der Waals surface area contributed by atoms with Gasteiger partial charge in [0.05, 0.1) is 6.33 Å². The maximum absolute atomic E-state index is 12.9. The molecule has 2 fully saturated rings. The summed E-state index contributed by atoms with van der Waals surface area (Å²) in [7, 11) is 0. The molecule has 3 N–H and O–H groups in total.